The number of carbonyl (C=O) groups excluding carboxylic acids is 2. The molecule has 6 heteroatoms. The van der Waals surface area contributed by atoms with Crippen LogP contribution in [-0.4, -0.2) is 38.9 Å². The number of aromatic nitrogens is 2. The van der Waals surface area contributed by atoms with Crippen LogP contribution in [0, 0.1) is 0 Å². The van der Waals surface area contributed by atoms with E-state index in [1.807, 2.05) is 28.8 Å². The molecule has 30 heavy (non-hydrogen) atoms. The normalized spacial score (nSPS) is 13.8. The molecule has 3 aromatic carbocycles. The van der Waals surface area contributed by atoms with Crippen molar-refractivity contribution in [2.75, 3.05) is 6.61 Å². The van der Waals surface area contributed by atoms with Crippen molar-refractivity contribution >= 4 is 22.6 Å². The molecule has 0 bridgehead atoms. The predicted octanol–water partition coefficient (Wildman–Crippen LogP) is 3.25. The Morgan fingerprint density at radius 3 is 2.33 bits per heavy atom. The quantitative estimate of drug-likeness (QED) is 0.492. The maximum absolute atomic E-state index is 12.8. The largest absolute Gasteiger partial charge is 0.491 e. The summed E-state index contributed by atoms with van der Waals surface area (Å²) in [7, 11) is 0. The van der Waals surface area contributed by atoms with E-state index < -0.39 is 6.10 Å². The Morgan fingerprint density at radius 1 is 0.867 bits per heavy atom. The second-order valence-corrected chi connectivity index (χ2v) is 7.26. The van der Waals surface area contributed by atoms with Gasteiger partial charge in [0.2, 0.25) is 0 Å². The summed E-state index contributed by atoms with van der Waals surface area (Å²) in [4.78, 5) is 29.8. The van der Waals surface area contributed by atoms with E-state index in [1.165, 1.54) is 0 Å². The Labute approximate surface area is 172 Å². The van der Waals surface area contributed by atoms with Crippen molar-refractivity contribution in [3.05, 3.63) is 95.3 Å². The minimum Gasteiger partial charge on any atom is -0.491 e. The van der Waals surface area contributed by atoms with Gasteiger partial charge in [0.1, 0.15) is 18.5 Å². The first kappa shape index (κ1) is 18.3. The number of aliphatic hydroxyl groups is 1. The predicted molar refractivity (Wildman–Crippen MR) is 111 cm³/mol. The van der Waals surface area contributed by atoms with E-state index in [0.29, 0.717) is 34.5 Å². The van der Waals surface area contributed by atoms with E-state index in [0.717, 1.165) is 11.0 Å². The zero-order valence-corrected chi connectivity index (χ0v) is 16.0. The smallest absolute Gasteiger partial charge is 0.194 e. The molecule has 1 aliphatic rings. The molecule has 1 aliphatic carbocycles. The number of hydrogen-bond acceptors (Lipinski definition) is 5. The molecule has 6 nitrogen and oxygen atoms in total. The maximum atomic E-state index is 12.8. The number of benzene rings is 3. The molecule has 0 saturated carbocycles. The summed E-state index contributed by atoms with van der Waals surface area (Å²) >= 11 is 0. The number of imidazole rings is 1. The van der Waals surface area contributed by atoms with Gasteiger partial charge in [-0.1, -0.05) is 36.4 Å². The molecule has 1 heterocycles. The molecule has 0 saturated heterocycles. The number of ether oxygens (including phenoxy) is 1. The Bertz CT molecular complexity index is 1290. The average molecular weight is 398 g/mol. The summed E-state index contributed by atoms with van der Waals surface area (Å²) in [6, 6.07) is 19.3. The monoisotopic (exact) mass is 398 g/mol. The summed E-state index contributed by atoms with van der Waals surface area (Å²) in [5.74, 6) is 0.0682. The fourth-order valence-electron chi connectivity index (χ4n) is 3.80. The van der Waals surface area contributed by atoms with Crippen LogP contribution in [0.15, 0.2) is 73.1 Å². The lowest BCUT2D eigenvalue weighted by atomic mass is 9.84. The molecule has 1 N–H and O–H groups in total. The Balaban J connectivity index is 1.32. The van der Waals surface area contributed by atoms with E-state index in [4.69, 9.17) is 4.74 Å². The maximum Gasteiger partial charge on any atom is 0.194 e. The van der Waals surface area contributed by atoms with E-state index in [2.05, 4.69) is 4.98 Å². The van der Waals surface area contributed by atoms with Gasteiger partial charge < -0.3 is 14.4 Å². The number of rotatable bonds is 5. The zero-order valence-electron chi connectivity index (χ0n) is 16.0. The Morgan fingerprint density at radius 2 is 1.53 bits per heavy atom. The van der Waals surface area contributed by atoms with Crippen LogP contribution >= 0.6 is 0 Å². The fourth-order valence-corrected chi connectivity index (χ4v) is 3.80. The highest BCUT2D eigenvalue weighted by Crippen LogP contribution is 2.29. The van der Waals surface area contributed by atoms with Crippen molar-refractivity contribution in [3.8, 4) is 5.75 Å². The fraction of sp³-hybridized carbons (Fsp3) is 0.125. The molecule has 1 aromatic heterocycles. The molecule has 0 fully saturated rings. The topological polar surface area (TPSA) is 81.4 Å². The van der Waals surface area contributed by atoms with Crippen LogP contribution in [0.1, 0.15) is 31.8 Å². The molecule has 0 aliphatic heterocycles. The van der Waals surface area contributed by atoms with Crippen molar-refractivity contribution in [3.63, 3.8) is 0 Å². The van der Waals surface area contributed by atoms with Gasteiger partial charge in [-0.05, 0) is 30.3 Å². The van der Waals surface area contributed by atoms with Gasteiger partial charge >= 0.3 is 0 Å². The van der Waals surface area contributed by atoms with Gasteiger partial charge in [-0.3, -0.25) is 9.59 Å². The summed E-state index contributed by atoms with van der Waals surface area (Å²) in [5, 5.41) is 10.4. The number of ketones is 2. The van der Waals surface area contributed by atoms with Crippen molar-refractivity contribution < 1.29 is 19.4 Å². The third kappa shape index (κ3) is 3.07. The minimum atomic E-state index is -0.767. The van der Waals surface area contributed by atoms with Gasteiger partial charge in [-0.15, -0.1) is 0 Å². The summed E-state index contributed by atoms with van der Waals surface area (Å²) in [5.41, 5.74) is 3.32. The Hall–Kier alpha value is -3.77. The lowest BCUT2D eigenvalue weighted by Gasteiger charge is -2.19. The third-order valence-corrected chi connectivity index (χ3v) is 5.27. The van der Waals surface area contributed by atoms with Crippen molar-refractivity contribution in [2.45, 2.75) is 12.6 Å². The molecule has 0 unspecified atom stereocenters. The highest BCUT2D eigenvalue weighted by molar-refractivity contribution is 6.28. The van der Waals surface area contributed by atoms with Crippen LogP contribution in [0.2, 0.25) is 0 Å². The van der Waals surface area contributed by atoms with Gasteiger partial charge in [0.25, 0.3) is 0 Å². The minimum absolute atomic E-state index is 0.0457. The van der Waals surface area contributed by atoms with Crippen LogP contribution in [0.25, 0.3) is 11.0 Å². The van der Waals surface area contributed by atoms with Crippen LogP contribution < -0.4 is 4.74 Å². The molecule has 4 aromatic rings. The second kappa shape index (κ2) is 7.24. The van der Waals surface area contributed by atoms with Crippen LogP contribution in [0.3, 0.4) is 0 Å². The summed E-state index contributed by atoms with van der Waals surface area (Å²) in [6.45, 7) is 0.375. The number of nitrogens with zero attached hydrogens (tertiary/aromatic N) is 2. The van der Waals surface area contributed by atoms with Crippen LogP contribution in [-0.2, 0) is 6.54 Å². The van der Waals surface area contributed by atoms with Gasteiger partial charge in [0.05, 0.1) is 23.9 Å². The highest BCUT2D eigenvalue weighted by atomic mass is 16.5. The van der Waals surface area contributed by atoms with Crippen molar-refractivity contribution in [1.82, 2.24) is 9.55 Å². The first-order valence-electron chi connectivity index (χ1n) is 9.65. The third-order valence-electron chi connectivity index (χ3n) is 5.27. The Kier molecular flexibility index (Phi) is 4.41. The van der Waals surface area contributed by atoms with Crippen molar-refractivity contribution in [1.29, 1.82) is 0 Å². The number of carbonyl (C=O) groups is 2. The van der Waals surface area contributed by atoms with Gasteiger partial charge in [0, 0.05) is 22.3 Å². The molecule has 5 rings (SSSR count). The van der Waals surface area contributed by atoms with Crippen molar-refractivity contribution in [2.24, 2.45) is 0 Å². The lowest BCUT2D eigenvalue weighted by molar-refractivity contribution is 0.0929. The molecule has 0 amide bonds. The first-order valence-corrected chi connectivity index (χ1v) is 9.65. The van der Waals surface area contributed by atoms with Gasteiger partial charge in [0.15, 0.2) is 11.6 Å². The van der Waals surface area contributed by atoms with Gasteiger partial charge in [-0.2, -0.15) is 0 Å². The number of aliphatic hydroxyl groups excluding tert-OH is 1. The van der Waals surface area contributed by atoms with E-state index in [1.54, 1.807) is 48.8 Å². The highest BCUT2D eigenvalue weighted by Gasteiger charge is 2.29. The number of fused-ring (bicyclic) bond motifs is 3. The van der Waals surface area contributed by atoms with Crippen LogP contribution in [0.5, 0.6) is 5.75 Å². The first-order chi connectivity index (χ1) is 14.6. The molecule has 1 atom stereocenters. The van der Waals surface area contributed by atoms with E-state index in [-0.39, 0.29) is 18.2 Å². The SMILES string of the molecule is O=C1c2ccccc2C(=O)c2cc(OC[C@@H](O)Cn3cnc4ccccc43)ccc21. The molecule has 0 radical (unpaired) electrons. The zero-order chi connectivity index (χ0) is 20.7. The number of para-hydroxylation sites is 2. The molecular weight excluding hydrogens is 380 g/mol. The average Bonchev–Trinajstić information content (AvgIpc) is 3.19. The number of hydrogen-bond donors (Lipinski definition) is 1. The second-order valence-electron chi connectivity index (χ2n) is 7.26. The lowest BCUT2D eigenvalue weighted by Crippen LogP contribution is -2.24. The molecule has 0 spiro atoms. The van der Waals surface area contributed by atoms with Gasteiger partial charge in [-0.25, -0.2) is 4.98 Å². The van der Waals surface area contributed by atoms with E-state index >= 15 is 0 Å². The summed E-state index contributed by atoms with van der Waals surface area (Å²) in [6.07, 6.45) is 0.922. The van der Waals surface area contributed by atoms with E-state index in [9.17, 15) is 14.7 Å². The molecular formula is C24H18N2O4. The summed E-state index contributed by atoms with van der Waals surface area (Å²) < 4.78 is 7.59. The molecule has 148 valence electrons. The standard InChI is InChI=1S/C24H18N2O4/c27-15(12-26-14-25-21-7-3-4-8-22(21)26)13-30-16-9-10-19-20(11-16)24(29)18-6-2-1-5-17(18)23(19)28/h1-11,14-15,27H,12-13H2/t15-/m0/s1. The van der Waals surface area contributed by atoms with Crippen LogP contribution in [0.4, 0.5) is 0 Å².